The number of ether oxygens (including phenoxy) is 2. The van der Waals surface area contributed by atoms with Gasteiger partial charge in [-0.1, -0.05) is 18.2 Å². The van der Waals surface area contributed by atoms with Crippen LogP contribution in [-0.4, -0.2) is 19.8 Å². The van der Waals surface area contributed by atoms with Crippen molar-refractivity contribution in [1.82, 2.24) is 5.32 Å². The van der Waals surface area contributed by atoms with Gasteiger partial charge in [0.2, 0.25) is 0 Å². The van der Waals surface area contributed by atoms with Gasteiger partial charge in [0.25, 0.3) is 0 Å². The molecule has 2 aromatic rings. The maximum absolute atomic E-state index is 5.82. The minimum atomic E-state index is 0.192. The van der Waals surface area contributed by atoms with Gasteiger partial charge < -0.3 is 14.8 Å². The largest absolute Gasteiger partial charge is 0.497 e. The summed E-state index contributed by atoms with van der Waals surface area (Å²) in [6, 6.07) is 12.2. The van der Waals surface area contributed by atoms with Crippen LogP contribution >= 0.6 is 11.3 Å². The van der Waals surface area contributed by atoms with E-state index in [1.165, 1.54) is 4.88 Å². The molecule has 0 radical (unpaired) electrons. The molecule has 1 aromatic carbocycles. The summed E-state index contributed by atoms with van der Waals surface area (Å²) in [7, 11) is 1.67. The molecule has 0 aliphatic carbocycles. The molecule has 1 N–H and O–H groups in total. The Bertz CT molecular complexity index is 482. The van der Waals surface area contributed by atoms with Crippen molar-refractivity contribution in [3.63, 3.8) is 0 Å². The molecule has 20 heavy (non-hydrogen) atoms. The first-order valence-electron chi connectivity index (χ1n) is 6.75. The summed E-state index contributed by atoms with van der Waals surface area (Å²) in [5, 5.41) is 5.51. The molecule has 0 aliphatic rings. The minimum Gasteiger partial charge on any atom is -0.497 e. The second kappa shape index (κ2) is 8.04. The van der Waals surface area contributed by atoms with Crippen molar-refractivity contribution in [3.8, 4) is 5.75 Å². The molecular weight excluding hydrogens is 270 g/mol. The van der Waals surface area contributed by atoms with E-state index in [0.717, 1.165) is 24.4 Å². The molecule has 1 aromatic heterocycles. The lowest BCUT2D eigenvalue weighted by Gasteiger charge is -2.14. The maximum Gasteiger partial charge on any atom is 0.118 e. The first-order chi connectivity index (χ1) is 9.78. The Balaban J connectivity index is 1.65. The normalized spacial score (nSPS) is 12.3. The Morgan fingerprint density at radius 1 is 1.20 bits per heavy atom. The zero-order chi connectivity index (χ0) is 14.2. The van der Waals surface area contributed by atoms with Crippen LogP contribution in [-0.2, 0) is 17.9 Å². The first-order valence-corrected chi connectivity index (χ1v) is 7.63. The van der Waals surface area contributed by atoms with Crippen molar-refractivity contribution >= 4 is 11.3 Å². The fourth-order valence-corrected chi connectivity index (χ4v) is 2.51. The molecule has 1 atom stereocenters. The van der Waals surface area contributed by atoms with Crippen LogP contribution in [0.4, 0.5) is 0 Å². The van der Waals surface area contributed by atoms with E-state index in [2.05, 4.69) is 29.8 Å². The maximum atomic E-state index is 5.82. The average Bonchev–Trinajstić information content (AvgIpc) is 2.99. The summed E-state index contributed by atoms with van der Waals surface area (Å²) in [6.45, 7) is 4.48. The summed E-state index contributed by atoms with van der Waals surface area (Å²) >= 11 is 1.77. The van der Waals surface area contributed by atoms with Gasteiger partial charge in [-0.15, -0.1) is 11.3 Å². The predicted octanol–water partition coefficient (Wildman–Crippen LogP) is 3.45. The van der Waals surface area contributed by atoms with E-state index < -0.39 is 0 Å². The van der Waals surface area contributed by atoms with E-state index in [9.17, 15) is 0 Å². The quantitative estimate of drug-likeness (QED) is 0.808. The number of thiophene rings is 1. The molecule has 1 unspecified atom stereocenters. The second-order valence-electron chi connectivity index (χ2n) is 4.68. The van der Waals surface area contributed by atoms with Gasteiger partial charge in [0.1, 0.15) is 5.75 Å². The fraction of sp³-hybridized carbons (Fsp3) is 0.375. The number of methoxy groups -OCH3 is 1. The molecule has 0 spiro atoms. The zero-order valence-electron chi connectivity index (χ0n) is 12.0. The number of rotatable bonds is 8. The Labute approximate surface area is 124 Å². The third kappa shape index (κ3) is 4.96. The number of hydrogen-bond acceptors (Lipinski definition) is 4. The van der Waals surface area contributed by atoms with Crippen LogP contribution in [0.5, 0.6) is 5.75 Å². The number of hydrogen-bond donors (Lipinski definition) is 1. The Kier molecular flexibility index (Phi) is 6.05. The molecule has 108 valence electrons. The first kappa shape index (κ1) is 15.0. The van der Waals surface area contributed by atoms with Crippen LogP contribution in [0.15, 0.2) is 41.8 Å². The van der Waals surface area contributed by atoms with Crippen molar-refractivity contribution in [2.75, 3.05) is 13.7 Å². The smallest absolute Gasteiger partial charge is 0.118 e. The minimum absolute atomic E-state index is 0.192. The van der Waals surface area contributed by atoms with Gasteiger partial charge in [-0.3, -0.25) is 0 Å². The highest BCUT2D eigenvalue weighted by molar-refractivity contribution is 7.09. The van der Waals surface area contributed by atoms with Gasteiger partial charge in [0.15, 0.2) is 0 Å². The number of benzene rings is 1. The number of nitrogens with one attached hydrogen (secondary N) is 1. The third-order valence-electron chi connectivity index (χ3n) is 3.00. The lowest BCUT2D eigenvalue weighted by atomic mass is 10.2. The average molecular weight is 291 g/mol. The van der Waals surface area contributed by atoms with E-state index in [4.69, 9.17) is 9.47 Å². The molecule has 3 nitrogen and oxygen atoms in total. The topological polar surface area (TPSA) is 30.5 Å². The van der Waals surface area contributed by atoms with Crippen LogP contribution in [0.25, 0.3) is 0 Å². The van der Waals surface area contributed by atoms with Crippen molar-refractivity contribution in [1.29, 1.82) is 0 Å². The van der Waals surface area contributed by atoms with Crippen molar-refractivity contribution < 1.29 is 9.47 Å². The van der Waals surface area contributed by atoms with Crippen molar-refractivity contribution in [2.24, 2.45) is 0 Å². The summed E-state index contributed by atoms with van der Waals surface area (Å²) in [6.07, 6.45) is 0.192. The molecular formula is C16H21NO2S. The van der Waals surface area contributed by atoms with E-state index in [1.807, 2.05) is 24.3 Å². The van der Waals surface area contributed by atoms with Gasteiger partial charge in [-0.05, 0) is 36.1 Å². The second-order valence-corrected chi connectivity index (χ2v) is 5.71. The molecule has 1 heterocycles. The predicted molar refractivity (Wildman–Crippen MR) is 83.3 cm³/mol. The summed E-state index contributed by atoms with van der Waals surface area (Å²) < 4.78 is 11.0. The lowest BCUT2D eigenvalue weighted by Crippen LogP contribution is -2.26. The zero-order valence-corrected chi connectivity index (χ0v) is 12.8. The summed E-state index contributed by atoms with van der Waals surface area (Å²) in [5.74, 6) is 0.874. The highest BCUT2D eigenvalue weighted by Crippen LogP contribution is 2.12. The highest BCUT2D eigenvalue weighted by atomic mass is 32.1. The van der Waals surface area contributed by atoms with E-state index in [0.29, 0.717) is 6.61 Å². The Hall–Kier alpha value is -1.36. The van der Waals surface area contributed by atoms with Crippen LogP contribution in [0.3, 0.4) is 0 Å². The van der Waals surface area contributed by atoms with E-state index >= 15 is 0 Å². The van der Waals surface area contributed by atoms with Crippen LogP contribution in [0, 0.1) is 0 Å². The molecule has 0 saturated heterocycles. The standard InChI is InChI=1S/C16H21NO2S/c1-13(10-17-11-16-4-3-9-20-16)19-12-14-5-7-15(18-2)8-6-14/h3-9,13,17H,10-12H2,1-2H3. The van der Waals surface area contributed by atoms with Crippen molar-refractivity contribution in [2.45, 2.75) is 26.2 Å². The third-order valence-corrected chi connectivity index (χ3v) is 3.88. The van der Waals surface area contributed by atoms with Gasteiger partial charge >= 0.3 is 0 Å². The molecule has 0 bridgehead atoms. The summed E-state index contributed by atoms with van der Waals surface area (Å²) in [4.78, 5) is 1.35. The monoisotopic (exact) mass is 291 g/mol. The van der Waals surface area contributed by atoms with Crippen molar-refractivity contribution in [3.05, 3.63) is 52.2 Å². The van der Waals surface area contributed by atoms with E-state index in [1.54, 1.807) is 18.4 Å². The van der Waals surface area contributed by atoms with Crippen LogP contribution < -0.4 is 10.1 Å². The SMILES string of the molecule is COc1ccc(COC(C)CNCc2cccs2)cc1. The Morgan fingerprint density at radius 2 is 2.00 bits per heavy atom. The fourth-order valence-electron chi connectivity index (χ4n) is 1.83. The van der Waals surface area contributed by atoms with Gasteiger partial charge in [0.05, 0.1) is 19.8 Å². The Morgan fingerprint density at radius 3 is 2.65 bits per heavy atom. The molecule has 4 heteroatoms. The van der Waals surface area contributed by atoms with E-state index in [-0.39, 0.29) is 6.10 Å². The van der Waals surface area contributed by atoms with Gasteiger partial charge in [-0.25, -0.2) is 0 Å². The molecule has 0 saturated carbocycles. The molecule has 0 fully saturated rings. The molecule has 0 aliphatic heterocycles. The molecule has 0 amide bonds. The van der Waals surface area contributed by atoms with Crippen LogP contribution in [0.2, 0.25) is 0 Å². The highest BCUT2D eigenvalue weighted by Gasteiger charge is 2.03. The van der Waals surface area contributed by atoms with Crippen LogP contribution in [0.1, 0.15) is 17.4 Å². The van der Waals surface area contributed by atoms with Gasteiger partial charge in [-0.2, -0.15) is 0 Å². The molecule has 2 rings (SSSR count). The lowest BCUT2D eigenvalue weighted by molar-refractivity contribution is 0.0530. The summed E-state index contributed by atoms with van der Waals surface area (Å²) in [5.41, 5.74) is 1.16. The van der Waals surface area contributed by atoms with Gasteiger partial charge in [0, 0.05) is 18.0 Å².